The standard InChI is InChI=1S/C6H11Cl2NSi/c1-3-6(4-5-9)10(2,7)8/h6H,3-4H2,1-2H3. The van der Waals surface area contributed by atoms with E-state index in [1.165, 1.54) is 0 Å². The van der Waals surface area contributed by atoms with Gasteiger partial charge < -0.3 is 0 Å². The number of hydrogen-bond donors (Lipinski definition) is 0. The summed E-state index contributed by atoms with van der Waals surface area (Å²) in [4.78, 5) is 0. The van der Waals surface area contributed by atoms with Gasteiger partial charge in [0.05, 0.1) is 6.07 Å². The third-order valence-corrected chi connectivity index (χ3v) is 5.45. The van der Waals surface area contributed by atoms with E-state index in [1.54, 1.807) is 0 Å². The molecule has 0 N–H and O–H groups in total. The number of halogens is 2. The molecule has 58 valence electrons. The largest absolute Gasteiger partial charge is 0.252 e. The second-order valence-electron chi connectivity index (χ2n) is 2.42. The Morgan fingerprint density at radius 1 is 1.60 bits per heavy atom. The lowest BCUT2D eigenvalue weighted by molar-refractivity contribution is 0.801. The molecular formula is C6H11Cl2NSi. The van der Waals surface area contributed by atoms with E-state index >= 15 is 0 Å². The lowest BCUT2D eigenvalue weighted by Crippen LogP contribution is -2.21. The van der Waals surface area contributed by atoms with Gasteiger partial charge in [0.1, 0.15) is 0 Å². The normalized spacial score (nSPS) is 14.3. The fraction of sp³-hybridized carbons (Fsp3) is 0.833. The zero-order valence-corrected chi connectivity index (χ0v) is 8.71. The summed E-state index contributed by atoms with van der Waals surface area (Å²) in [5, 5.41) is 8.39. The molecule has 0 aliphatic heterocycles. The SMILES string of the molecule is CCC(CC#N)[Si](C)(Cl)Cl. The molecule has 0 aromatic carbocycles. The molecule has 0 rings (SSSR count). The fourth-order valence-electron chi connectivity index (χ4n) is 0.792. The Hall–Kier alpha value is 0.287. The first kappa shape index (κ1) is 10.3. The Balaban J connectivity index is 3.97. The van der Waals surface area contributed by atoms with Crippen molar-refractivity contribution in [3.05, 3.63) is 0 Å². The van der Waals surface area contributed by atoms with E-state index in [9.17, 15) is 0 Å². The first-order valence-electron chi connectivity index (χ1n) is 3.27. The van der Waals surface area contributed by atoms with Gasteiger partial charge in [-0.15, -0.1) is 22.2 Å². The van der Waals surface area contributed by atoms with Crippen LogP contribution in [0.2, 0.25) is 12.1 Å². The third kappa shape index (κ3) is 3.45. The Morgan fingerprint density at radius 2 is 2.10 bits per heavy atom. The molecular weight excluding hydrogens is 185 g/mol. The quantitative estimate of drug-likeness (QED) is 0.502. The zero-order chi connectivity index (χ0) is 8.20. The van der Waals surface area contributed by atoms with Crippen molar-refractivity contribution in [2.24, 2.45) is 0 Å². The maximum Gasteiger partial charge on any atom is 0.252 e. The lowest BCUT2D eigenvalue weighted by atomic mass is 10.3. The van der Waals surface area contributed by atoms with E-state index in [2.05, 4.69) is 6.07 Å². The Labute approximate surface area is 72.4 Å². The summed E-state index contributed by atoms with van der Waals surface area (Å²) < 4.78 is 0. The molecule has 1 atom stereocenters. The summed E-state index contributed by atoms with van der Waals surface area (Å²) in [5.41, 5.74) is 0.223. The second kappa shape index (κ2) is 4.22. The molecule has 0 aromatic heterocycles. The van der Waals surface area contributed by atoms with Crippen molar-refractivity contribution in [2.45, 2.75) is 31.9 Å². The summed E-state index contributed by atoms with van der Waals surface area (Å²) in [6, 6.07) is 2.09. The summed E-state index contributed by atoms with van der Waals surface area (Å²) in [7, 11) is 0. The predicted octanol–water partition coefficient (Wildman–Crippen LogP) is 3.23. The number of rotatable bonds is 3. The molecule has 0 aliphatic carbocycles. The van der Waals surface area contributed by atoms with Crippen LogP contribution in [0.3, 0.4) is 0 Å². The van der Waals surface area contributed by atoms with E-state index in [0.717, 1.165) is 6.42 Å². The minimum atomic E-state index is -2.09. The van der Waals surface area contributed by atoms with Gasteiger partial charge in [0.15, 0.2) is 0 Å². The maximum atomic E-state index is 8.39. The molecule has 0 aromatic rings. The van der Waals surface area contributed by atoms with Crippen LogP contribution < -0.4 is 0 Å². The molecule has 0 bridgehead atoms. The topological polar surface area (TPSA) is 23.8 Å². The molecule has 0 spiro atoms. The van der Waals surface area contributed by atoms with Crippen LogP contribution in [-0.4, -0.2) is 6.69 Å². The highest BCUT2D eigenvalue weighted by Gasteiger charge is 2.31. The first-order chi connectivity index (χ1) is 4.52. The summed E-state index contributed by atoms with van der Waals surface area (Å²) >= 11 is 11.9. The summed E-state index contributed by atoms with van der Waals surface area (Å²) in [6.07, 6.45) is 1.40. The highest BCUT2D eigenvalue weighted by atomic mass is 35.7. The van der Waals surface area contributed by atoms with Gasteiger partial charge in [-0.2, -0.15) is 5.26 Å². The van der Waals surface area contributed by atoms with Crippen molar-refractivity contribution in [2.75, 3.05) is 0 Å². The summed E-state index contributed by atoms with van der Waals surface area (Å²) in [6.45, 7) is 1.79. The van der Waals surface area contributed by atoms with Crippen LogP contribution in [0.15, 0.2) is 0 Å². The highest BCUT2D eigenvalue weighted by molar-refractivity contribution is 7.45. The first-order valence-corrected chi connectivity index (χ1v) is 7.87. The van der Waals surface area contributed by atoms with E-state index < -0.39 is 6.69 Å². The van der Waals surface area contributed by atoms with Gasteiger partial charge in [-0.05, 0) is 12.1 Å². The molecule has 0 heterocycles. The van der Waals surface area contributed by atoms with Crippen molar-refractivity contribution in [1.82, 2.24) is 0 Å². The molecule has 0 radical (unpaired) electrons. The van der Waals surface area contributed by atoms with E-state index in [0.29, 0.717) is 6.42 Å². The van der Waals surface area contributed by atoms with Crippen molar-refractivity contribution < 1.29 is 0 Å². The average molecular weight is 196 g/mol. The number of nitriles is 1. The van der Waals surface area contributed by atoms with E-state index in [4.69, 9.17) is 27.4 Å². The van der Waals surface area contributed by atoms with E-state index in [1.807, 2.05) is 13.5 Å². The number of hydrogen-bond acceptors (Lipinski definition) is 1. The Morgan fingerprint density at radius 3 is 2.20 bits per heavy atom. The van der Waals surface area contributed by atoms with Crippen LogP contribution in [0.1, 0.15) is 19.8 Å². The van der Waals surface area contributed by atoms with Crippen LogP contribution in [0.4, 0.5) is 0 Å². The molecule has 0 aliphatic rings. The van der Waals surface area contributed by atoms with Crippen LogP contribution >= 0.6 is 22.2 Å². The third-order valence-electron chi connectivity index (χ3n) is 1.55. The van der Waals surface area contributed by atoms with Gasteiger partial charge >= 0.3 is 0 Å². The maximum absolute atomic E-state index is 8.39. The molecule has 0 fully saturated rings. The monoisotopic (exact) mass is 195 g/mol. The van der Waals surface area contributed by atoms with Crippen molar-refractivity contribution in [1.29, 1.82) is 5.26 Å². The Bertz CT molecular complexity index is 136. The van der Waals surface area contributed by atoms with Gasteiger partial charge in [-0.1, -0.05) is 13.3 Å². The molecule has 1 unspecified atom stereocenters. The average Bonchev–Trinajstić information content (AvgIpc) is 1.80. The molecule has 0 saturated carbocycles. The fourth-order valence-corrected chi connectivity index (χ4v) is 3.35. The molecule has 0 amide bonds. The van der Waals surface area contributed by atoms with Crippen molar-refractivity contribution >= 4 is 28.9 Å². The molecule has 10 heavy (non-hydrogen) atoms. The van der Waals surface area contributed by atoms with Crippen LogP contribution in [0.5, 0.6) is 0 Å². The van der Waals surface area contributed by atoms with Crippen LogP contribution in [0.25, 0.3) is 0 Å². The molecule has 0 saturated heterocycles. The van der Waals surface area contributed by atoms with Crippen molar-refractivity contribution in [3.63, 3.8) is 0 Å². The minimum absolute atomic E-state index is 0.223. The predicted molar refractivity (Wildman–Crippen MR) is 47.6 cm³/mol. The Kier molecular flexibility index (Phi) is 4.35. The molecule has 4 heteroatoms. The number of nitrogens with zero attached hydrogens (tertiary/aromatic N) is 1. The van der Waals surface area contributed by atoms with Crippen molar-refractivity contribution in [3.8, 4) is 6.07 Å². The highest BCUT2D eigenvalue weighted by Crippen LogP contribution is 2.34. The smallest absolute Gasteiger partial charge is 0.198 e. The van der Waals surface area contributed by atoms with Gasteiger partial charge in [-0.25, -0.2) is 0 Å². The zero-order valence-electron chi connectivity index (χ0n) is 6.19. The summed E-state index contributed by atoms with van der Waals surface area (Å²) in [5.74, 6) is 0. The van der Waals surface area contributed by atoms with Gasteiger partial charge in [-0.3, -0.25) is 0 Å². The van der Waals surface area contributed by atoms with Crippen LogP contribution in [-0.2, 0) is 0 Å². The lowest BCUT2D eigenvalue weighted by Gasteiger charge is -2.19. The minimum Gasteiger partial charge on any atom is -0.198 e. The molecule has 1 nitrogen and oxygen atoms in total. The van der Waals surface area contributed by atoms with E-state index in [-0.39, 0.29) is 5.54 Å². The van der Waals surface area contributed by atoms with Gasteiger partial charge in [0.25, 0.3) is 6.69 Å². The second-order valence-corrected chi connectivity index (χ2v) is 10.4. The van der Waals surface area contributed by atoms with Gasteiger partial charge in [0.2, 0.25) is 0 Å². The van der Waals surface area contributed by atoms with Crippen LogP contribution in [0, 0.1) is 11.3 Å². The van der Waals surface area contributed by atoms with Gasteiger partial charge in [0, 0.05) is 6.42 Å².